The molecule has 0 aromatic rings. The Morgan fingerprint density at radius 1 is 0.741 bits per heavy atom. The van der Waals surface area contributed by atoms with Crippen molar-refractivity contribution in [2.24, 2.45) is 23.7 Å². The fraction of sp³-hybridized carbons (Fsp3) is 0.778. The summed E-state index contributed by atoms with van der Waals surface area (Å²) in [5.74, 6) is -6.61. The van der Waals surface area contributed by atoms with E-state index in [1.807, 2.05) is 0 Å². The Hall–Kier alpha value is -2.16. The number of carbonyl (C=O) groups is 4. The number of fused-ring (bicyclic) bond motifs is 1. The summed E-state index contributed by atoms with van der Waals surface area (Å²) in [4.78, 5) is 45.1. The van der Waals surface area contributed by atoms with Gasteiger partial charge in [0.2, 0.25) is 0 Å². The molecule has 6 atom stereocenters. The Bertz CT molecular complexity index is 537. The zero-order chi connectivity index (χ0) is 20.1. The fourth-order valence-corrected chi connectivity index (χ4v) is 4.39. The van der Waals surface area contributed by atoms with Crippen LogP contribution in [0.4, 0.5) is 0 Å². The van der Waals surface area contributed by atoms with Crippen LogP contribution >= 0.6 is 0 Å². The van der Waals surface area contributed by atoms with Gasteiger partial charge in [-0.15, -0.1) is 0 Å². The van der Waals surface area contributed by atoms with E-state index in [2.05, 4.69) is 0 Å². The van der Waals surface area contributed by atoms with Gasteiger partial charge in [-0.1, -0.05) is 0 Å². The van der Waals surface area contributed by atoms with Gasteiger partial charge in [-0.2, -0.15) is 0 Å². The van der Waals surface area contributed by atoms with E-state index >= 15 is 0 Å². The summed E-state index contributed by atoms with van der Waals surface area (Å²) >= 11 is 0. The number of epoxide rings is 1. The highest BCUT2D eigenvalue weighted by atomic mass is 16.6. The molecule has 0 amide bonds. The predicted molar refractivity (Wildman–Crippen MR) is 90.1 cm³/mol. The summed E-state index contributed by atoms with van der Waals surface area (Å²) in [7, 11) is 0. The van der Waals surface area contributed by atoms with Crippen LogP contribution in [0, 0.1) is 23.7 Å². The molecule has 27 heavy (non-hydrogen) atoms. The van der Waals surface area contributed by atoms with E-state index < -0.39 is 47.5 Å². The van der Waals surface area contributed by atoms with Gasteiger partial charge in [0.15, 0.2) is 0 Å². The fourth-order valence-electron chi connectivity index (χ4n) is 4.39. The normalized spacial score (nSPS) is 28.6. The summed E-state index contributed by atoms with van der Waals surface area (Å²) in [5, 5.41) is 36.9. The number of aliphatic carboxylic acids is 4. The predicted octanol–water partition coefficient (Wildman–Crippen LogP) is 1.69. The molecule has 0 aromatic carbocycles. The second kappa shape index (κ2) is 9.16. The van der Waals surface area contributed by atoms with E-state index in [1.165, 1.54) is 0 Å². The molecule has 0 spiro atoms. The first kappa shape index (κ1) is 21.1. The van der Waals surface area contributed by atoms with E-state index in [1.54, 1.807) is 0 Å². The van der Waals surface area contributed by atoms with Crippen LogP contribution in [0.15, 0.2) is 0 Å². The quantitative estimate of drug-likeness (QED) is 0.366. The smallest absolute Gasteiger partial charge is 0.306 e. The molecule has 6 unspecified atom stereocenters. The van der Waals surface area contributed by atoms with Crippen molar-refractivity contribution in [3.05, 3.63) is 0 Å². The minimum absolute atomic E-state index is 0.0546. The van der Waals surface area contributed by atoms with Crippen LogP contribution < -0.4 is 0 Å². The lowest BCUT2D eigenvalue weighted by atomic mass is 9.65. The van der Waals surface area contributed by atoms with Gasteiger partial charge < -0.3 is 25.2 Å². The molecule has 152 valence electrons. The molecule has 1 saturated heterocycles. The van der Waals surface area contributed by atoms with Crippen molar-refractivity contribution in [1.82, 2.24) is 0 Å². The molecule has 1 saturated carbocycles. The second-order valence-corrected chi connectivity index (χ2v) is 7.47. The minimum atomic E-state index is -1.05. The van der Waals surface area contributed by atoms with Crippen molar-refractivity contribution in [3.8, 4) is 0 Å². The maximum absolute atomic E-state index is 11.8. The summed E-state index contributed by atoms with van der Waals surface area (Å²) in [6.45, 7) is 0. The molecule has 9 heteroatoms. The first-order valence-corrected chi connectivity index (χ1v) is 9.25. The third-order valence-electron chi connectivity index (χ3n) is 5.73. The number of hydrogen-bond acceptors (Lipinski definition) is 5. The summed E-state index contributed by atoms with van der Waals surface area (Å²) in [6.07, 6.45) is 1.27. The number of carboxylic acids is 4. The third kappa shape index (κ3) is 5.92. The number of ether oxygens (including phenoxy) is 1. The molecule has 1 aliphatic heterocycles. The van der Waals surface area contributed by atoms with Crippen LogP contribution in [0.3, 0.4) is 0 Å². The van der Waals surface area contributed by atoms with Gasteiger partial charge in [-0.3, -0.25) is 19.2 Å². The highest BCUT2D eigenvalue weighted by Crippen LogP contribution is 2.50. The third-order valence-corrected chi connectivity index (χ3v) is 5.73. The minimum Gasteiger partial charge on any atom is -0.481 e. The van der Waals surface area contributed by atoms with Gasteiger partial charge >= 0.3 is 23.9 Å². The molecule has 2 fully saturated rings. The summed E-state index contributed by atoms with van der Waals surface area (Å²) < 4.78 is 5.51. The van der Waals surface area contributed by atoms with Crippen LogP contribution in [0.2, 0.25) is 0 Å². The van der Waals surface area contributed by atoms with E-state index in [0.717, 1.165) is 0 Å². The number of rotatable bonds is 12. The molecular formula is C18H26O9. The lowest BCUT2D eigenvalue weighted by Gasteiger charge is -2.37. The Morgan fingerprint density at radius 2 is 1.11 bits per heavy atom. The number of carboxylic acid groups (broad SMARTS) is 4. The highest BCUT2D eigenvalue weighted by molar-refractivity contribution is 5.73. The SMILES string of the molecule is O=C(O)CCCC(C(=O)O)C1CC2OC2CC1C(CCCC(=O)O)C(=O)O. The van der Waals surface area contributed by atoms with E-state index in [-0.39, 0.29) is 50.7 Å². The van der Waals surface area contributed by atoms with Crippen LogP contribution in [-0.2, 0) is 23.9 Å². The highest BCUT2D eigenvalue weighted by Gasteiger charge is 2.53. The Morgan fingerprint density at radius 3 is 1.41 bits per heavy atom. The Kier molecular flexibility index (Phi) is 7.18. The molecule has 2 rings (SSSR count). The van der Waals surface area contributed by atoms with E-state index in [4.69, 9.17) is 14.9 Å². The largest absolute Gasteiger partial charge is 0.481 e. The van der Waals surface area contributed by atoms with E-state index in [0.29, 0.717) is 12.8 Å². The summed E-state index contributed by atoms with van der Waals surface area (Å²) in [6, 6.07) is 0. The second-order valence-electron chi connectivity index (χ2n) is 7.47. The zero-order valence-electron chi connectivity index (χ0n) is 15.0. The van der Waals surface area contributed by atoms with Crippen molar-refractivity contribution >= 4 is 23.9 Å². The first-order chi connectivity index (χ1) is 12.7. The maximum atomic E-state index is 11.8. The zero-order valence-corrected chi connectivity index (χ0v) is 15.0. The molecule has 0 bridgehead atoms. The van der Waals surface area contributed by atoms with Crippen molar-refractivity contribution in [1.29, 1.82) is 0 Å². The average Bonchev–Trinajstić information content (AvgIpc) is 3.31. The Balaban J connectivity index is 2.13. The molecular weight excluding hydrogens is 360 g/mol. The maximum Gasteiger partial charge on any atom is 0.306 e. The van der Waals surface area contributed by atoms with Gasteiger partial charge in [0.1, 0.15) is 0 Å². The average molecular weight is 386 g/mol. The monoisotopic (exact) mass is 386 g/mol. The van der Waals surface area contributed by atoms with Crippen LogP contribution in [-0.4, -0.2) is 56.5 Å². The van der Waals surface area contributed by atoms with Gasteiger partial charge in [0.05, 0.1) is 24.0 Å². The van der Waals surface area contributed by atoms with Gasteiger partial charge in [-0.25, -0.2) is 0 Å². The number of hydrogen-bond donors (Lipinski definition) is 4. The lowest BCUT2D eigenvalue weighted by molar-refractivity contribution is -0.151. The molecule has 0 radical (unpaired) electrons. The van der Waals surface area contributed by atoms with Crippen molar-refractivity contribution in [2.45, 2.75) is 63.6 Å². The molecule has 1 aliphatic carbocycles. The van der Waals surface area contributed by atoms with Crippen LogP contribution in [0.5, 0.6) is 0 Å². The van der Waals surface area contributed by atoms with Gasteiger partial charge in [0.25, 0.3) is 0 Å². The molecule has 2 aliphatic rings. The van der Waals surface area contributed by atoms with Gasteiger partial charge in [-0.05, 0) is 50.4 Å². The topological polar surface area (TPSA) is 162 Å². The molecule has 9 nitrogen and oxygen atoms in total. The van der Waals surface area contributed by atoms with Crippen molar-refractivity contribution < 1.29 is 44.3 Å². The lowest BCUT2D eigenvalue weighted by Crippen LogP contribution is -2.40. The Labute approximate surface area is 156 Å². The van der Waals surface area contributed by atoms with Gasteiger partial charge in [0, 0.05) is 12.8 Å². The van der Waals surface area contributed by atoms with Crippen molar-refractivity contribution in [2.75, 3.05) is 0 Å². The van der Waals surface area contributed by atoms with E-state index in [9.17, 15) is 29.4 Å². The van der Waals surface area contributed by atoms with Crippen LogP contribution in [0.1, 0.15) is 51.4 Å². The van der Waals surface area contributed by atoms with Crippen molar-refractivity contribution in [3.63, 3.8) is 0 Å². The summed E-state index contributed by atoms with van der Waals surface area (Å²) in [5.41, 5.74) is 0. The van der Waals surface area contributed by atoms with Crippen LogP contribution in [0.25, 0.3) is 0 Å². The molecule has 1 heterocycles. The standard InChI is InChI=1S/C18H26O9/c19-15(20)5-1-3-9(17(23)24)11-7-13-14(27-13)8-12(11)10(18(25)26)4-2-6-16(21)22/h9-14H,1-8H2,(H,19,20)(H,21,22)(H,23,24)(H,25,26). The first-order valence-electron chi connectivity index (χ1n) is 9.25. The molecule has 0 aromatic heterocycles. The molecule has 4 N–H and O–H groups in total.